The number of imide groups is 1. The molecular formula is C23H23N3O3. The van der Waals surface area contributed by atoms with Gasteiger partial charge in [-0.2, -0.15) is 5.26 Å². The minimum absolute atomic E-state index is 0.0409. The Balaban J connectivity index is 1.98. The number of amides is 3. The van der Waals surface area contributed by atoms with Crippen molar-refractivity contribution in [1.82, 2.24) is 10.2 Å². The van der Waals surface area contributed by atoms with Crippen molar-refractivity contribution in [3.05, 3.63) is 69.3 Å². The fourth-order valence-corrected chi connectivity index (χ4v) is 4.08. The zero-order valence-corrected chi connectivity index (χ0v) is 17.2. The molecule has 148 valence electrons. The molecule has 0 aromatic heterocycles. The van der Waals surface area contributed by atoms with E-state index in [2.05, 4.69) is 5.32 Å². The van der Waals surface area contributed by atoms with Crippen molar-refractivity contribution >= 4 is 17.7 Å². The number of carbonyl (C=O) groups excluding carboxylic acids is 3. The van der Waals surface area contributed by atoms with Gasteiger partial charge in [-0.3, -0.25) is 14.5 Å². The monoisotopic (exact) mass is 389 g/mol. The van der Waals surface area contributed by atoms with E-state index in [1.54, 1.807) is 31.2 Å². The Morgan fingerprint density at radius 3 is 2.31 bits per heavy atom. The number of nitrogens with zero attached hydrogens (tertiary/aromatic N) is 2. The maximum Gasteiger partial charge on any atom is 0.325 e. The first-order chi connectivity index (χ1) is 13.6. The van der Waals surface area contributed by atoms with E-state index in [0.717, 1.165) is 22.3 Å². The van der Waals surface area contributed by atoms with Crippen molar-refractivity contribution in [1.29, 1.82) is 5.26 Å². The zero-order valence-electron chi connectivity index (χ0n) is 17.2. The Kier molecular flexibility index (Phi) is 5.02. The van der Waals surface area contributed by atoms with Crippen LogP contribution < -0.4 is 5.32 Å². The van der Waals surface area contributed by atoms with Crippen molar-refractivity contribution in [2.45, 2.75) is 46.7 Å². The average Bonchev–Trinajstić information content (AvgIpc) is 2.88. The Hall–Kier alpha value is -3.46. The van der Waals surface area contributed by atoms with E-state index >= 15 is 0 Å². The first-order valence-electron chi connectivity index (χ1n) is 9.35. The molecule has 0 aliphatic carbocycles. The maximum absolute atomic E-state index is 13.2. The molecule has 3 amide bonds. The van der Waals surface area contributed by atoms with Crippen LogP contribution >= 0.6 is 0 Å². The molecule has 0 saturated carbocycles. The highest BCUT2D eigenvalue weighted by Gasteiger charge is 2.49. The van der Waals surface area contributed by atoms with Crippen LogP contribution in [0.15, 0.2) is 30.3 Å². The largest absolute Gasteiger partial charge is 0.325 e. The topological polar surface area (TPSA) is 90.3 Å². The van der Waals surface area contributed by atoms with Crippen LogP contribution in [0.4, 0.5) is 4.79 Å². The van der Waals surface area contributed by atoms with Gasteiger partial charge < -0.3 is 5.32 Å². The second-order valence-corrected chi connectivity index (χ2v) is 7.68. The van der Waals surface area contributed by atoms with Crippen LogP contribution in [0.3, 0.4) is 0 Å². The van der Waals surface area contributed by atoms with Crippen molar-refractivity contribution in [3.63, 3.8) is 0 Å². The Labute approximate surface area is 170 Å². The molecule has 0 radical (unpaired) electrons. The number of hydrogen-bond acceptors (Lipinski definition) is 4. The van der Waals surface area contributed by atoms with E-state index in [0.29, 0.717) is 16.7 Å². The highest BCUT2D eigenvalue weighted by Crippen LogP contribution is 2.32. The smallest absolute Gasteiger partial charge is 0.319 e. The summed E-state index contributed by atoms with van der Waals surface area (Å²) in [6.07, 6.45) is 0. The molecule has 3 rings (SSSR count). The first kappa shape index (κ1) is 20.3. The van der Waals surface area contributed by atoms with E-state index in [9.17, 15) is 14.4 Å². The number of hydrogen-bond donors (Lipinski definition) is 1. The van der Waals surface area contributed by atoms with Crippen LogP contribution in [0.2, 0.25) is 0 Å². The molecule has 29 heavy (non-hydrogen) atoms. The van der Waals surface area contributed by atoms with E-state index in [4.69, 9.17) is 5.26 Å². The molecule has 1 N–H and O–H groups in total. The molecule has 6 heteroatoms. The normalized spacial score (nSPS) is 18.6. The lowest BCUT2D eigenvalue weighted by Crippen LogP contribution is -2.40. The van der Waals surface area contributed by atoms with Crippen LogP contribution in [0.5, 0.6) is 0 Å². The molecule has 1 saturated heterocycles. The van der Waals surface area contributed by atoms with Crippen LogP contribution in [0, 0.1) is 32.1 Å². The second kappa shape index (κ2) is 7.17. The summed E-state index contributed by atoms with van der Waals surface area (Å²) in [4.78, 5) is 39.2. The molecule has 1 atom stereocenters. The number of carbonyl (C=O) groups is 3. The third kappa shape index (κ3) is 3.29. The lowest BCUT2D eigenvalue weighted by Gasteiger charge is -2.23. The van der Waals surface area contributed by atoms with E-state index in [1.165, 1.54) is 11.8 Å². The van der Waals surface area contributed by atoms with E-state index in [1.807, 2.05) is 32.9 Å². The zero-order chi connectivity index (χ0) is 21.5. The van der Waals surface area contributed by atoms with Gasteiger partial charge in [0.05, 0.1) is 18.2 Å². The summed E-state index contributed by atoms with van der Waals surface area (Å²) in [5, 5.41) is 11.8. The van der Waals surface area contributed by atoms with Gasteiger partial charge in [-0.05, 0) is 74.6 Å². The highest BCUT2D eigenvalue weighted by atomic mass is 16.2. The quantitative estimate of drug-likeness (QED) is 0.638. The van der Waals surface area contributed by atoms with Crippen molar-refractivity contribution in [2.75, 3.05) is 0 Å². The molecule has 2 aromatic rings. The number of benzene rings is 2. The number of Topliss-reactive ketones (excluding diaryl/α,β-unsaturated/α-hetero) is 1. The third-order valence-electron chi connectivity index (χ3n) is 5.67. The first-order valence-corrected chi connectivity index (χ1v) is 9.35. The summed E-state index contributed by atoms with van der Waals surface area (Å²) >= 11 is 0. The lowest BCUT2D eigenvalue weighted by molar-refractivity contribution is -0.131. The summed E-state index contributed by atoms with van der Waals surface area (Å²) in [6, 6.07) is 10.1. The third-order valence-corrected chi connectivity index (χ3v) is 5.67. The molecular weight excluding hydrogens is 366 g/mol. The molecule has 1 heterocycles. The fraction of sp³-hybridized carbons (Fsp3) is 0.304. The van der Waals surface area contributed by atoms with Gasteiger partial charge in [0.2, 0.25) is 0 Å². The van der Waals surface area contributed by atoms with Crippen molar-refractivity contribution in [3.8, 4) is 6.07 Å². The van der Waals surface area contributed by atoms with Crippen molar-refractivity contribution in [2.24, 2.45) is 0 Å². The summed E-state index contributed by atoms with van der Waals surface area (Å²) in [5.41, 5.74) is 3.92. The second-order valence-electron chi connectivity index (χ2n) is 7.68. The molecule has 2 aromatic carbocycles. The molecule has 6 nitrogen and oxygen atoms in total. The summed E-state index contributed by atoms with van der Waals surface area (Å²) in [7, 11) is 0. The van der Waals surface area contributed by atoms with E-state index in [-0.39, 0.29) is 18.2 Å². The van der Waals surface area contributed by atoms with E-state index < -0.39 is 11.6 Å². The highest BCUT2D eigenvalue weighted by molar-refractivity contribution is 6.07. The predicted molar refractivity (Wildman–Crippen MR) is 108 cm³/mol. The average molecular weight is 389 g/mol. The van der Waals surface area contributed by atoms with Crippen LogP contribution in [0.25, 0.3) is 0 Å². The number of urea groups is 1. The molecule has 1 aliphatic heterocycles. The molecule has 0 spiro atoms. The number of rotatable bonds is 4. The van der Waals surface area contributed by atoms with Gasteiger partial charge in [-0.15, -0.1) is 0 Å². The predicted octanol–water partition coefficient (Wildman–Crippen LogP) is 3.65. The van der Waals surface area contributed by atoms with Crippen molar-refractivity contribution < 1.29 is 14.4 Å². The number of ketones is 1. The van der Waals surface area contributed by atoms with Gasteiger partial charge >= 0.3 is 6.03 Å². The SMILES string of the molecule is CC(=O)c1c(C)cc(C)c(CN2C(=O)NC(C)(c3ccc(C#N)cc3)C2=O)c1C. The van der Waals surface area contributed by atoms with Gasteiger partial charge in [-0.1, -0.05) is 18.2 Å². The number of nitrogens with one attached hydrogen (secondary N) is 1. The lowest BCUT2D eigenvalue weighted by atomic mass is 9.90. The Morgan fingerprint density at radius 2 is 1.76 bits per heavy atom. The van der Waals surface area contributed by atoms with Gasteiger partial charge in [0.15, 0.2) is 5.78 Å². The van der Waals surface area contributed by atoms with Crippen LogP contribution in [-0.4, -0.2) is 22.6 Å². The summed E-state index contributed by atoms with van der Waals surface area (Å²) in [5.74, 6) is -0.406. The maximum atomic E-state index is 13.2. The standard InChI is InChI=1S/C23H23N3O3/c1-13-10-14(2)20(16(4)27)15(3)19(13)12-26-21(28)23(5,25-22(26)29)18-8-6-17(11-24)7-9-18/h6-10H,12H2,1-5H3,(H,25,29). The molecule has 1 aliphatic rings. The van der Waals surface area contributed by atoms with Gasteiger partial charge in [0, 0.05) is 5.56 Å². The fourth-order valence-electron chi connectivity index (χ4n) is 4.08. The Morgan fingerprint density at radius 1 is 1.14 bits per heavy atom. The summed E-state index contributed by atoms with van der Waals surface area (Å²) < 4.78 is 0. The minimum Gasteiger partial charge on any atom is -0.319 e. The summed E-state index contributed by atoms with van der Waals surface area (Å²) in [6.45, 7) is 8.92. The van der Waals surface area contributed by atoms with Gasteiger partial charge in [-0.25, -0.2) is 4.79 Å². The number of nitriles is 1. The van der Waals surface area contributed by atoms with Gasteiger partial charge in [0.1, 0.15) is 5.54 Å². The molecule has 0 bridgehead atoms. The van der Waals surface area contributed by atoms with Crippen LogP contribution in [-0.2, 0) is 16.9 Å². The number of aryl methyl sites for hydroxylation is 2. The molecule has 1 fully saturated rings. The van der Waals surface area contributed by atoms with Crippen LogP contribution in [0.1, 0.15) is 57.6 Å². The Bertz CT molecular complexity index is 1080. The minimum atomic E-state index is -1.21. The van der Waals surface area contributed by atoms with Gasteiger partial charge in [0.25, 0.3) is 5.91 Å². The molecule has 1 unspecified atom stereocenters.